The van der Waals surface area contributed by atoms with Crippen LogP contribution in [0.4, 0.5) is 0 Å². The fraction of sp³-hybridized carbons (Fsp3) is 0. The highest BCUT2D eigenvalue weighted by molar-refractivity contribution is 7.19. The van der Waals surface area contributed by atoms with Crippen LogP contribution in [-0.2, 0) is 0 Å². The molecule has 0 aliphatic heterocycles. The van der Waals surface area contributed by atoms with Gasteiger partial charge in [-0.2, -0.15) is 0 Å². The number of nitrogens with zero attached hydrogens (tertiary/aromatic N) is 1. The minimum absolute atomic E-state index is 0.806. The lowest BCUT2D eigenvalue weighted by Crippen LogP contribution is -1.88. The number of para-hydroxylation sites is 1. The van der Waals surface area contributed by atoms with Crippen molar-refractivity contribution in [2.75, 3.05) is 0 Å². The van der Waals surface area contributed by atoms with Gasteiger partial charge in [0.05, 0.1) is 16.3 Å². The molecule has 118 valence electrons. The molecular formula is C21H14AlNOS. The first kappa shape index (κ1) is 16.1. The van der Waals surface area contributed by atoms with E-state index in [1.165, 1.54) is 10.4 Å². The molecule has 0 bridgehead atoms. The zero-order valence-electron chi connectivity index (χ0n) is 13.4. The van der Waals surface area contributed by atoms with E-state index in [2.05, 4.69) is 53.0 Å². The van der Waals surface area contributed by atoms with Gasteiger partial charge in [0.2, 0.25) is 0 Å². The van der Waals surface area contributed by atoms with Gasteiger partial charge in [0.15, 0.2) is 0 Å². The van der Waals surface area contributed by atoms with Crippen LogP contribution in [0, 0.1) is 0 Å². The topological polar surface area (TPSA) is 22.1 Å². The Hall–Kier alpha value is -2.38. The summed E-state index contributed by atoms with van der Waals surface area (Å²) in [4.78, 5) is 6.13. The van der Waals surface area contributed by atoms with Crippen molar-refractivity contribution in [1.82, 2.24) is 4.98 Å². The monoisotopic (exact) mass is 355 g/mol. The van der Waals surface area contributed by atoms with Gasteiger partial charge in [0.25, 0.3) is 0 Å². The third kappa shape index (κ3) is 3.25. The Bertz CT molecular complexity index is 926. The summed E-state index contributed by atoms with van der Waals surface area (Å²) in [5.74, 6) is 0.806. The summed E-state index contributed by atoms with van der Waals surface area (Å²) in [6, 6.07) is 28.7. The van der Waals surface area contributed by atoms with Gasteiger partial charge < -0.3 is 3.79 Å². The van der Waals surface area contributed by atoms with Crippen LogP contribution in [0.5, 0.6) is 5.75 Å². The van der Waals surface area contributed by atoms with Gasteiger partial charge in [-0.05, 0) is 17.7 Å². The van der Waals surface area contributed by atoms with Crippen molar-refractivity contribution in [3.8, 4) is 38.0 Å². The molecule has 1 aromatic heterocycles. The van der Waals surface area contributed by atoms with E-state index in [0.29, 0.717) is 0 Å². The number of benzene rings is 3. The molecule has 4 rings (SSSR count). The van der Waals surface area contributed by atoms with Crippen LogP contribution in [0.2, 0.25) is 0 Å². The highest BCUT2D eigenvalue weighted by atomic mass is 32.1. The molecule has 0 amide bonds. The molecule has 0 aliphatic rings. The minimum Gasteiger partial charge on any atom is -0.653 e. The van der Waals surface area contributed by atoms with Crippen LogP contribution in [0.25, 0.3) is 32.3 Å². The molecule has 0 fully saturated rings. The van der Waals surface area contributed by atoms with Gasteiger partial charge in [0, 0.05) is 11.1 Å². The van der Waals surface area contributed by atoms with E-state index < -0.39 is 0 Å². The van der Waals surface area contributed by atoms with E-state index in [1.807, 2.05) is 48.5 Å². The second kappa shape index (κ2) is 7.25. The molecule has 0 unspecified atom stereocenters. The largest absolute Gasteiger partial charge is 0.653 e. The van der Waals surface area contributed by atoms with E-state index in [0.717, 1.165) is 27.6 Å². The summed E-state index contributed by atoms with van der Waals surface area (Å²) >= 11 is 4.01. The highest BCUT2D eigenvalue weighted by Crippen LogP contribution is 2.42. The maximum absolute atomic E-state index is 5.44. The van der Waals surface area contributed by atoms with E-state index in [-0.39, 0.29) is 0 Å². The normalized spacial score (nSPS) is 10.6. The molecule has 2 radical (unpaired) electrons. The first-order valence-corrected chi connectivity index (χ1v) is 9.23. The van der Waals surface area contributed by atoms with Crippen LogP contribution >= 0.6 is 11.3 Å². The molecular weight excluding hydrogens is 341 g/mol. The predicted molar refractivity (Wildman–Crippen MR) is 105 cm³/mol. The Morgan fingerprint density at radius 2 is 1.32 bits per heavy atom. The first-order valence-electron chi connectivity index (χ1n) is 7.94. The third-order valence-corrected chi connectivity index (χ3v) is 5.35. The van der Waals surface area contributed by atoms with Crippen LogP contribution in [0.3, 0.4) is 0 Å². The summed E-state index contributed by atoms with van der Waals surface area (Å²) in [6.45, 7) is 0. The lowest BCUT2D eigenvalue weighted by molar-refractivity contribution is 0.618. The molecule has 0 saturated heterocycles. The van der Waals surface area contributed by atoms with Gasteiger partial charge in [-0.1, -0.05) is 72.8 Å². The van der Waals surface area contributed by atoms with E-state index in [1.54, 1.807) is 11.3 Å². The summed E-state index contributed by atoms with van der Waals surface area (Å²) < 4.78 is 5.44. The van der Waals surface area contributed by atoms with E-state index in [9.17, 15) is 0 Å². The number of thiazole rings is 1. The SMILES string of the molecule is [Al][O]c1ccccc1-c1nc(-c2ccccc2)c(-c2ccccc2)s1. The average molecular weight is 355 g/mol. The van der Waals surface area contributed by atoms with Crippen LogP contribution < -0.4 is 3.79 Å². The van der Waals surface area contributed by atoms with Crippen molar-refractivity contribution in [2.45, 2.75) is 0 Å². The Labute approximate surface area is 159 Å². The minimum atomic E-state index is 0.806. The molecule has 25 heavy (non-hydrogen) atoms. The maximum atomic E-state index is 5.44. The molecule has 2 nitrogen and oxygen atoms in total. The second-order valence-corrected chi connectivity index (χ2v) is 6.78. The van der Waals surface area contributed by atoms with Crippen molar-refractivity contribution in [3.63, 3.8) is 0 Å². The van der Waals surface area contributed by atoms with Crippen molar-refractivity contribution in [3.05, 3.63) is 84.9 Å². The summed E-state index contributed by atoms with van der Waals surface area (Å²) in [5.41, 5.74) is 4.30. The molecule has 0 saturated carbocycles. The maximum Gasteiger partial charge on any atom is 0.482 e. The summed E-state index contributed by atoms with van der Waals surface area (Å²) in [7, 11) is 0. The third-order valence-electron chi connectivity index (χ3n) is 3.95. The molecule has 3 aromatic carbocycles. The Morgan fingerprint density at radius 1 is 0.720 bits per heavy atom. The number of hydrogen-bond acceptors (Lipinski definition) is 3. The van der Waals surface area contributed by atoms with Gasteiger partial charge in [0.1, 0.15) is 5.01 Å². The fourth-order valence-corrected chi connectivity index (χ4v) is 4.09. The molecule has 4 aromatic rings. The van der Waals surface area contributed by atoms with Gasteiger partial charge in [-0.25, -0.2) is 4.98 Å². The van der Waals surface area contributed by atoms with Crippen molar-refractivity contribution in [2.24, 2.45) is 0 Å². The Morgan fingerprint density at radius 3 is 2.00 bits per heavy atom. The van der Waals surface area contributed by atoms with Crippen LogP contribution in [0.15, 0.2) is 84.9 Å². The van der Waals surface area contributed by atoms with Gasteiger partial charge in [-0.3, -0.25) is 0 Å². The fourth-order valence-electron chi connectivity index (χ4n) is 2.76. The number of aromatic nitrogens is 1. The van der Waals surface area contributed by atoms with E-state index >= 15 is 0 Å². The lowest BCUT2D eigenvalue weighted by Gasteiger charge is -2.07. The zero-order valence-corrected chi connectivity index (χ0v) is 15.4. The predicted octanol–water partition coefficient (Wildman–Crippen LogP) is 5.61. The smallest absolute Gasteiger partial charge is 0.482 e. The molecule has 4 heteroatoms. The van der Waals surface area contributed by atoms with Crippen LogP contribution in [-0.4, -0.2) is 21.6 Å². The molecule has 0 N–H and O–H groups in total. The lowest BCUT2D eigenvalue weighted by atomic mass is 10.1. The molecule has 0 aliphatic carbocycles. The second-order valence-electron chi connectivity index (χ2n) is 5.54. The number of rotatable bonds is 4. The van der Waals surface area contributed by atoms with Crippen LogP contribution in [0.1, 0.15) is 0 Å². The van der Waals surface area contributed by atoms with Gasteiger partial charge >= 0.3 is 16.6 Å². The Kier molecular flexibility index (Phi) is 4.67. The van der Waals surface area contributed by atoms with Gasteiger partial charge in [-0.15, -0.1) is 11.3 Å². The Balaban J connectivity index is 1.93. The summed E-state index contributed by atoms with van der Waals surface area (Å²) in [5, 5.41) is 0.954. The quantitative estimate of drug-likeness (QED) is 0.444. The van der Waals surface area contributed by atoms with Crippen molar-refractivity contribution in [1.29, 1.82) is 0 Å². The highest BCUT2D eigenvalue weighted by Gasteiger charge is 2.17. The van der Waals surface area contributed by atoms with Crippen molar-refractivity contribution >= 4 is 28.0 Å². The first-order chi connectivity index (χ1) is 12.4. The van der Waals surface area contributed by atoms with E-state index in [4.69, 9.17) is 8.77 Å². The van der Waals surface area contributed by atoms with Crippen molar-refractivity contribution < 1.29 is 3.79 Å². The molecule has 1 heterocycles. The number of hydrogen-bond donors (Lipinski definition) is 0. The zero-order chi connectivity index (χ0) is 17.1. The molecule has 0 spiro atoms. The molecule has 0 atom stereocenters. The average Bonchev–Trinajstić information content (AvgIpc) is 3.14. The standard InChI is InChI=1S/C21H15NOS.Al/c23-18-14-8-7-13-17(18)21-22-19(15-9-3-1-4-10-15)20(24-21)16-11-5-2-6-12-16;/h1-14,23H;/q;+1/p-1. The summed E-state index contributed by atoms with van der Waals surface area (Å²) in [6.07, 6.45) is 0.